The van der Waals surface area contributed by atoms with Crippen molar-refractivity contribution in [2.45, 2.75) is 79.2 Å². The molecule has 1 saturated carbocycles. The van der Waals surface area contributed by atoms with Crippen LogP contribution in [0.5, 0.6) is 0 Å². The van der Waals surface area contributed by atoms with Crippen LogP contribution in [0, 0.1) is 11.3 Å². The van der Waals surface area contributed by atoms with Gasteiger partial charge in [-0.25, -0.2) is 4.98 Å². The topological polar surface area (TPSA) is 33.2 Å². The largest absolute Gasteiger partial charge is 0.306 e. The van der Waals surface area contributed by atoms with Gasteiger partial charge in [-0.1, -0.05) is 71.9 Å². The summed E-state index contributed by atoms with van der Waals surface area (Å²) in [5.41, 5.74) is 2.83. The molecule has 0 bridgehead atoms. The lowest BCUT2D eigenvalue weighted by atomic mass is 9.87. The van der Waals surface area contributed by atoms with Crippen molar-refractivity contribution < 1.29 is 4.79 Å². The van der Waals surface area contributed by atoms with Crippen molar-refractivity contribution >= 4 is 22.9 Å². The first-order valence-electron chi connectivity index (χ1n) is 10.7. The highest BCUT2D eigenvalue weighted by molar-refractivity contribution is 7.09. The first-order valence-corrected chi connectivity index (χ1v) is 11.6. The van der Waals surface area contributed by atoms with Crippen molar-refractivity contribution in [1.29, 1.82) is 0 Å². The Labute approximate surface area is 174 Å². The normalized spacial score (nSPS) is 15.6. The fraction of sp³-hybridized carbons (Fsp3) is 0.583. The van der Waals surface area contributed by atoms with Crippen molar-refractivity contribution in [3.05, 3.63) is 45.9 Å². The standard InChI is InChI=1S/C24H34N2OS/c1-5-18-11-13-21(14-12-18)26(23(27)24(2,3)4)16-20-17-28-22(25-20)15-19-9-7-6-8-10-19/h11-14,17,19H,5-10,15-16H2,1-4H3. The van der Waals surface area contributed by atoms with Crippen LogP contribution in [0.2, 0.25) is 0 Å². The minimum absolute atomic E-state index is 0.138. The zero-order valence-electron chi connectivity index (χ0n) is 17.8. The second-order valence-corrected chi connectivity index (χ2v) is 10.0. The van der Waals surface area contributed by atoms with Crippen LogP contribution in [-0.4, -0.2) is 10.9 Å². The molecule has 1 aliphatic rings. The van der Waals surface area contributed by atoms with E-state index >= 15 is 0 Å². The molecule has 1 aliphatic carbocycles. The molecule has 0 atom stereocenters. The number of hydrogen-bond acceptors (Lipinski definition) is 3. The summed E-state index contributed by atoms with van der Waals surface area (Å²) in [4.78, 5) is 19.9. The molecule has 4 heteroatoms. The lowest BCUT2D eigenvalue weighted by Gasteiger charge is -2.29. The number of rotatable bonds is 6. The van der Waals surface area contributed by atoms with Gasteiger partial charge in [0.05, 0.1) is 17.2 Å². The second kappa shape index (κ2) is 9.21. The molecule has 28 heavy (non-hydrogen) atoms. The van der Waals surface area contributed by atoms with E-state index in [9.17, 15) is 4.79 Å². The van der Waals surface area contributed by atoms with Gasteiger partial charge in [0, 0.05) is 22.9 Å². The van der Waals surface area contributed by atoms with Gasteiger partial charge in [0.2, 0.25) is 5.91 Å². The van der Waals surface area contributed by atoms with E-state index in [0.717, 1.165) is 30.1 Å². The predicted molar refractivity (Wildman–Crippen MR) is 119 cm³/mol. The number of carbonyl (C=O) groups is 1. The van der Waals surface area contributed by atoms with E-state index in [1.807, 2.05) is 25.7 Å². The molecule has 152 valence electrons. The molecule has 0 radical (unpaired) electrons. The van der Waals surface area contributed by atoms with Gasteiger partial charge in [0.15, 0.2) is 0 Å². The third-order valence-corrected chi connectivity index (χ3v) is 6.57. The van der Waals surface area contributed by atoms with E-state index in [2.05, 4.69) is 36.6 Å². The molecule has 1 amide bonds. The Bertz CT molecular complexity index is 767. The maximum absolute atomic E-state index is 13.1. The number of aryl methyl sites for hydroxylation is 1. The highest BCUT2D eigenvalue weighted by atomic mass is 32.1. The zero-order valence-corrected chi connectivity index (χ0v) is 18.6. The molecular weight excluding hydrogens is 364 g/mol. The number of benzene rings is 1. The minimum Gasteiger partial charge on any atom is -0.306 e. The molecule has 1 heterocycles. The minimum atomic E-state index is -0.426. The summed E-state index contributed by atoms with van der Waals surface area (Å²) in [7, 11) is 0. The molecule has 2 aromatic rings. The maximum Gasteiger partial charge on any atom is 0.232 e. The summed E-state index contributed by atoms with van der Waals surface area (Å²) in [5, 5.41) is 3.37. The Morgan fingerprint density at radius 2 is 1.82 bits per heavy atom. The van der Waals surface area contributed by atoms with Gasteiger partial charge >= 0.3 is 0 Å². The number of thiazole rings is 1. The summed E-state index contributed by atoms with van der Waals surface area (Å²) in [5.74, 6) is 0.931. The third-order valence-electron chi connectivity index (χ3n) is 5.65. The third kappa shape index (κ3) is 5.44. The lowest BCUT2D eigenvalue weighted by molar-refractivity contribution is -0.125. The number of carbonyl (C=O) groups excluding carboxylic acids is 1. The number of aromatic nitrogens is 1. The number of hydrogen-bond donors (Lipinski definition) is 0. The summed E-state index contributed by atoms with van der Waals surface area (Å²) >= 11 is 1.76. The van der Waals surface area contributed by atoms with Gasteiger partial charge in [-0.05, 0) is 30.0 Å². The van der Waals surface area contributed by atoms with Crippen LogP contribution in [-0.2, 0) is 24.2 Å². The number of anilines is 1. The Balaban J connectivity index is 1.76. The molecule has 3 nitrogen and oxygen atoms in total. The van der Waals surface area contributed by atoms with E-state index in [1.54, 1.807) is 11.3 Å². The molecule has 0 unspecified atom stereocenters. The van der Waals surface area contributed by atoms with Crippen molar-refractivity contribution in [2.24, 2.45) is 11.3 Å². The highest BCUT2D eigenvalue weighted by Crippen LogP contribution is 2.29. The Hall–Kier alpha value is -1.68. The molecule has 1 fully saturated rings. The second-order valence-electron chi connectivity index (χ2n) is 9.10. The van der Waals surface area contributed by atoms with Crippen molar-refractivity contribution in [2.75, 3.05) is 4.90 Å². The van der Waals surface area contributed by atoms with Gasteiger partial charge < -0.3 is 4.90 Å². The van der Waals surface area contributed by atoms with Crippen LogP contribution in [0.3, 0.4) is 0 Å². The molecule has 1 aromatic carbocycles. The summed E-state index contributed by atoms with van der Waals surface area (Å²) in [6.07, 6.45) is 8.91. The summed E-state index contributed by atoms with van der Waals surface area (Å²) < 4.78 is 0. The van der Waals surface area contributed by atoms with Gasteiger partial charge in [-0.2, -0.15) is 0 Å². The molecule has 1 aromatic heterocycles. The summed E-state index contributed by atoms with van der Waals surface area (Å²) in [6.45, 7) is 8.65. The van der Waals surface area contributed by atoms with Gasteiger partial charge in [0.25, 0.3) is 0 Å². The predicted octanol–water partition coefficient (Wildman–Crippen LogP) is 6.41. The SMILES string of the molecule is CCc1ccc(N(Cc2csc(CC3CCCCC3)n2)C(=O)C(C)(C)C)cc1. The summed E-state index contributed by atoms with van der Waals surface area (Å²) in [6, 6.07) is 8.37. The van der Waals surface area contributed by atoms with Gasteiger partial charge in [-0.3, -0.25) is 4.79 Å². The molecule has 0 saturated heterocycles. The van der Waals surface area contributed by atoms with Crippen LogP contribution in [0.1, 0.15) is 76.1 Å². The zero-order chi connectivity index (χ0) is 20.1. The molecule has 0 spiro atoms. The molecule has 0 N–H and O–H groups in total. The number of amides is 1. The van der Waals surface area contributed by atoms with E-state index in [1.165, 1.54) is 42.7 Å². The fourth-order valence-electron chi connectivity index (χ4n) is 3.91. The molecule has 0 aliphatic heterocycles. The van der Waals surface area contributed by atoms with Crippen LogP contribution in [0.4, 0.5) is 5.69 Å². The first-order chi connectivity index (χ1) is 13.4. The van der Waals surface area contributed by atoms with Crippen LogP contribution in [0.25, 0.3) is 0 Å². The van der Waals surface area contributed by atoms with E-state index in [4.69, 9.17) is 4.98 Å². The van der Waals surface area contributed by atoms with Crippen LogP contribution < -0.4 is 4.90 Å². The van der Waals surface area contributed by atoms with E-state index < -0.39 is 5.41 Å². The first kappa shape index (κ1) is 21.0. The van der Waals surface area contributed by atoms with Crippen molar-refractivity contribution in [3.8, 4) is 0 Å². The van der Waals surface area contributed by atoms with Crippen molar-refractivity contribution in [1.82, 2.24) is 4.98 Å². The fourth-order valence-corrected chi connectivity index (χ4v) is 4.81. The smallest absolute Gasteiger partial charge is 0.232 e. The Morgan fingerprint density at radius 1 is 1.14 bits per heavy atom. The number of nitrogens with zero attached hydrogens (tertiary/aromatic N) is 2. The van der Waals surface area contributed by atoms with Crippen molar-refractivity contribution in [3.63, 3.8) is 0 Å². The Kier molecular flexibility index (Phi) is 6.92. The maximum atomic E-state index is 13.1. The average molecular weight is 399 g/mol. The molecule has 3 rings (SSSR count). The Morgan fingerprint density at radius 3 is 2.43 bits per heavy atom. The van der Waals surface area contributed by atoms with Crippen LogP contribution >= 0.6 is 11.3 Å². The highest BCUT2D eigenvalue weighted by Gasteiger charge is 2.29. The van der Waals surface area contributed by atoms with Gasteiger partial charge in [-0.15, -0.1) is 11.3 Å². The monoisotopic (exact) mass is 398 g/mol. The van der Waals surface area contributed by atoms with Crippen LogP contribution in [0.15, 0.2) is 29.6 Å². The molecular formula is C24H34N2OS. The van der Waals surface area contributed by atoms with Gasteiger partial charge in [0.1, 0.15) is 0 Å². The average Bonchev–Trinajstić information content (AvgIpc) is 3.13. The quantitative estimate of drug-likeness (QED) is 0.563. The van der Waals surface area contributed by atoms with E-state index in [0.29, 0.717) is 6.54 Å². The van der Waals surface area contributed by atoms with E-state index in [-0.39, 0.29) is 5.91 Å². The lowest BCUT2D eigenvalue weighted by Crippen LogP contribution is -2.39.